The number of benzene rings is 1. The number of hydrogen-bond donors (Lipinski definition) is 2. The van der Waals surface area contributed by atoms with Crippen LogP contribution in [0.25, 0.3) is 0 Å². The Bertz CT molecular complexity index is 505. The lowest BCUT2D eigenvalue weighted by Gasteiger charge is -2.05. The second-order valence-electron chi connectivity index (χ2n) is 3.95. The third kappa shape index (κ3) is 2.78. The highest BCUT2D eigenvalue weighted by Crippen LogP contribution is 2.17. The molecule has 1 aromatic carbocycles. The summed E-state index contributed by atoms with van der Waals surface area (Å²) in [6.45, 7) is 4.63. The van der Waals surface area contributed by atoms with E-state index in [1.807, 2.05) is 32.0 Å². The second kappa shape index (κ2) is 4.91. The van der Waals surface area contributed by atoms with E-state index in [2.05, 4.69) is 16.0 Å². The molecule has 0 unspecified atom stereocenters. The average Bonchev–Trinajstić information content (AvgIpc) is 2.58. The zero-order valence-electron chi connectivity index (χ0n) is 10.2. The van der Waals surface area contributed by atoms with Gasteiger partial charge in [0.2, 0.25) is 0 Å². The van der Waals surface area contributed by atoms with Crippen LogP contribution >= 0.6 is 0 Å². The molecule has 0 aliphatic rings. The maximum Gasteiger partial charge on any atom is 0.197 e. The Hall–Kier alpha value is -1.97. The van der Waals surface area contributed by atoms with Gasteiger partial charge in [0.15, 0.2) is 5.95 Å². The first-order valence-electron chi connectivity index (χ1n) is 5.71. The van der Waals surface area contributed by atoms with Crippen molar-refractivity contribution in [2.45, 2.75) is 20.3 Å². The minimum Gasteiger partial charge on any atom is -0.494 e. The molecule has 0 atom stereocenters. The van der Waals surface area contributed by atoms with Crippen LogP contribution in [0, 0.1) is 6.92 Å². The van der Waals surface area contributed by atoms with Crippen molar-refractivity contribution in [3.63, 3.8) is 0 Å². The van der Waals surface area contributed by atoms with Crippen molar-refractivity contribution in [2.24, 2.45) is 0 Å². The van der Waals surface area contributed by atoms with E-state index in [-0.39, 0.29) is 0 Å². The zero-order chi connectivity index (χ0) is 12.3. The number of H-pyrrole nitrogens is 1. The molecule has 0 spiro atoms. The summed E-state index contributed by atoms with van der Waals surface area (Å²) in [4.78, 5) is 7.27. The Labute approximate surface area is 101 Å². The van der Waals surface area contributed by atoms with Crippen molar-refractivity contribution >= 4 is 5.95 Å². The van der Waals surface area contributed by atoms with Crippen molar-refractivity contribution in [1.82, 2.24) is 9.97 Å². The fourth-order valence-electron chi connectivity index (χ4n) is 1.80. The molecule has 17 heavy (non-hydrogen) atoms. The molecule has 0 fully saturated rings. The molecule has 2 aromatic rings. The number of nitrogen functional groups attached to an aromatic ring is 1. The molecule has 0 saturated heterocycles. The van der Waals surface area contributed by atoms with Gasteiger partial charge in [0.1, 0.15) is 5.75 Å². The van der Waals surface area contributed by atoms with Crippen LogP contribution in [0.5, 0.6) is 5.75 Å². The molecule has 0 radical (unpaired) electrons. The number of nitrogens with two attached hydrogens (primary N) is 1. The normalized spacial score (nSPS) is 10.5. The molecule has 4 nitrogen and oxygen atoms in total. The van der Waals surface area contributed by atoms with Gasteiger partial charge in [0, 0.05) is 12.1 Å². The molecule has 4 heteroatoms. The summed E-state index contributed by atoms with van der Waals surface area (Å²) in [5.41, 5.74) is 8.79. The third-order valence-corrected chi connectivity index (χ3v) is 2.58. The Morgan fingerprint density at radius 3 is 2.88 bits per heavy atom. The summed E-state index contributed by atoms with van der Waals surface area (Å²) in [6.07, 6.45) is 0.764. The smallest absolute Gasteiger partial charge is 0.197 e. The number of rotatable bonds is 4. The van der Waals surface area contributed by atoms with Gasteiger partial charge in [0.05, 0.1) is 12.3 Å². The number of nitrogens with one attached hydrogen (secondary N) is 1. The van der Waals surface area contributed by atoms with E-state index in [1.54, 1.807) is 0 Å². The molecule has 0 bridgehead atoms. The van der Waals surface area contributed by atoms with Crippen molar-refractivity contribution in [1.29, 1.82) is 0 Å². The van der Waals surface area contributed by atoms with Crippen LogP contribution < -0.4 is 10.5 Å². The third-order valence-electron chi connectivity index (χ3n) is 2.58. The molecular formula is C13H17N3O. The minimum absolute atomic E-state index is 0.471. The Kier molecular flexibility index (Phi) is 3.32. The number of aryl methyl sites for hydroxylation is 1. The van der Waals surface area contributed by atoms with Crippen LogP contribution in [-0.2, 0) is 6.42 Å². The number of anilines is 1. The minimum atomic E-state index is 0.471. The van der Waals surface area contributed by atoms with Gasteiger partial charge >= 0.3 is 0 Å². The van der Waals surface area contributed by atoms with Crippen LogP contribution in [0.3, 0.4) is 0 Å². The predicted molar refractivity (Wildman–Crippen MR) is 68.2 cm³/mol. The largest absolute Gasteiger partial charge is 0.494 e. The standard InChI is InChI=1S/C13H17N3O/c1-3-17-11-6-4-5-10(7-11)8-12-9(2)15-13(14)16-12/h4-7H,3,8H2,1-2H3,(H3,14,15,16). The van der Waals surface area contributed by atoms with E-state index in [9.17, 15) is 0 Å². The summed E-state index contributed by atoms with van der Waals surface area (Å²) in [5.74, 6) is 1.37. The summed E-state index contributed by atoms with van der Waals surface area (Å²) >= 11 is 0. The first kappa shape index (κ1) is 11.5. The number of hydrogen-bond acceptors (Lipinski definition) is 3. The van der Waals surface area contributed by atoms with Crippen molar-refractivity contribution in [2.75, 3.05) is 12.3 Å². The molecule has 3 N–H and O–H groups in total. The lowest BCUT2D eigenvalue weighted by molar-refractivity contribution is 0.340. The number of imidazole rings is 1. The number of aromatic nitrogens is 2. The van der Waals surface area contributed by atoms with E-state index in [1.165, 1.54) is 5.56 Å². The van der Waals surface area contributed by atoms with Crippen LogP contribution in [0.15, 0.2) is 24.3 Å². The van der Waals surface area contributed by atoms with Gasteiger partial charge in [-0.3, -0.25) is 0 Å². The molecule has 0 aliphatic heterocycles. The molecular weight excluding hydrogens is 214 g/mol. The van der Waals surface area contributed by atoms with Crippen molar-refractivity contribution in [3.05, 3.63) is 41.2 Å². The van der Waals surface area contributed by atoms with Gasteiger partial charge in [-0.15, -0.1) is 0 Å². The second-order valence-corrected chi connectivity index (χ2v) is 3.95. The summed E-state index contributed by atoms with van der Waals surface area (Å²) in [5, 5.41) is 0. The summed E-state index contributed by atoms with van der Waals surface area (Å²) in [6, 6.07) is 8.05. The van der Waals surface area contributed by atoms with Gasteiger partial charge < -0.3 is 15.5 Å². The van der Waals surface area contributed by atoms with Crippen LogP contribution in [0.4, 0.5) is 5.95 Å². The lowest BCUT2D eigenvalue weighted by atomic mass is 10.1. The zero-order valence-corrected chi connectivity index (χ0v) is 10.2. The van der Waals surface area contributed by atoms with Crippen molar-refractivity contribution in [3.8, 4) is 5.75 Å². The number of ether oxygens (including phenoxy) is 1. The van der Waals surface area contributed by atoms with Crippen LogP contribution in [0.1, 0.15) is 23.9 Å². The van der Waals surface area contributed by atoms with E-state index >= 15 is 0 Å². The predicted octanol–water partition coefficient (Wildman–Crippen LogP) is 2.29. The van der Waals surface area contributed by atoms with E-state index in [0.29, 0.717) is 12.6 Å². The SMILES string of the molecule is CCOc1cccc(Cc2nc(N)[nH]c2C)c1. The van der Waals surface area contributed by atoms with E-state index < -0.39 is 0 Å². The Balaban J connectivity index is 2.18. The molecule has 0 aliphatic carbocycles. The maximum absolute atomic E-state index is 5.62. The lowest BCUT2D eigenvalue weighted by Crippen LogP contribution is -1.95. The quantitative estimate of drug-likeness (QED) is 0.848. The topological polar surface area (TPSA) is 63.9 Å². The number of nitrogens with zero attached hydrogens (tertiary/aromatic N) is 1. The molecule has 90 valence electrons. The van der Waals surface area contributed by atoms with Gasteiger partial charge in [-0.2, -0.15) is 0 Å². The first-order valence-corrected chi connectivity index (χ1v) is 5.71. The molecule has 0 saturated carbocycles. The highest BCUT2D eigenvalue weighted by Gasteiger charge is 2.06. The average molecular weight is 231 g/mol. The fourth-order valence-corrected chi connectivity index (χ4v) is 1.80. The van der Waals surface area contributed by atoms with Gasteiger partial charge in [0.25, 0.3) is 0 Å². The Morgan fingerprint density at radius 2 is 2.24 bits per heavy atom. The van der Waals surface area contributed by atoms with Gasteiger partial charge in [-0.05, 0) is 31.5 Å². The van der Waals surface area contributed by atoms with E-state index in [4.69, 9.17) is 10.5 Å². The van der Waals surface area contributed by atoms with Gasteiger partial charge in [-0.25, -0.2) is 4.98 Å². The maximum atomic E-state index is 5.62. The summed E-state index contributed by atoms with van der Waals surface area (Å²) in [7, 11) is 0. The van der Waals surface area contributed by atoms with Gasteiger partial charge in [-0.1, -0.05) is 12.1 Å². The van der Waals surface area contributed by atoms with Crippen LogP contribution in [0.2, 0.25) is 0 Å². The summed E-state index contributed by atoms with van der Waals surface area (Å²) < 4.78 is 5.47. The molecule has 0 amide bonds. The highest BCUT2D eigenvalue weighted by atomic mass is 16.5. The number of aromatic amines is 1. The fraction of sp³-hybridized carbons (Fsp3) is 0.308. The van der Waals surface area contributed by atoms with Crippen molar-refractivity contribution < 1.29 is 4.74 Å². The molecule has 1 aromatic heterocycles. The molecule has 1 heterocycles. The highest BCUT2D eigenvalue weighted by molar-refractivity contribution is 5.34. The Morgan fingerprint density at radius 1 is 1.41 bits per heavy atom. The van der Waals surface area contributed by atoms with Crippen LogP contribution in [-0.4, -0.2) is 16.6 Å². The van der Waals surface area contributed by atoms with E-state index in [0.717, 1.165) is 23.6 Å². The monoisotopic (exact) mass is 231 g/mol. The first-order chi connectivity index (χ1) is 8.19. The molecule has 2 rings (SSSR count).